The number of nitrogens with one attached hydrogen (secondary N) is 1. The Morgan fingerprint density at radius 2 is 1.98 bits per heavy atom. The van der Waals surface area contributed by atoms with E-state index < -0.39 is 59.6 Å². The molecule has 4 bridgehead atoms. The predicted molar refractivity (Wildman–Crippen MR) is 159 cm³/mol. The summed E-state index contributed by atoms with van der Waals surface area (Å²) >= 11 is 6.65. The Labute approximate surface area is 256 Å². The van der Waals surface area contributed by atoms with E-state index in [4.69, 9.17) is 30.5 Å². The number of carbonyl (C=O) groups excluding carboxylic acids is 3. The van der Waals surface area contributed by atoms with Gasteiger partial charge in [0.25, 0.3) is 0 Å². The number of esters is 1. The van der Waals surface area contributed by atoms with Gasteiger partial charge in [-0.2, -0.15) is 0 Å². The lowest BCUT2D eigenvalue weighted by Gasteiger charge is -2.41. The summed E-state index contributed by atoms with van der Waals surface area (Å²) in [4.78, 5) is 40.4. The molecule has 1 aromatic carbocycles. The van der Waals surface area contributed by atoms with Crippen LogP contribution in [0, 0.1) is 11.8 Å². The second-order valence-electron chi connectivity index (χ2n) is 12.2. The molecule has 7 atom stereocenters. The third-order valence-corrected chi connectivity index (χ3v) is 8.83. The van der Waals surface area contributed by atoms with Crippen LogP contribution in [0.1, 0.15) is 53.0 Å². The number of allylic oxidation sites excluding steroid dienone is 3. The first-order chi connectivity index (χ1) is 20.1. The Bertz CT molecular complexity index is 1330. The molecule has 3 N–H and O–H groups in total. The first kappa shape index (κ1) is 32.8. The van der Waals surface area contributed by atoms with Gasteiger partial charge in [0.05, 0.1) is 31.2 Å². The number of rotatable bonds is 3. The number of ether oxygens (including phenoxy) is 4. The number of methoxy groups -OCH3 is 1. The maximum atomic E-state index is 13.7. The van der Waals surface area contributed by atoms with E-state index in [-0.39, 0.29) is 23.8 Å². The van der Waals surface area contributed by atoms with Crippen molar-refractivity contribution in [2.75, 3.05) is 19.1 Å². The summed E-state index contributed by atoms with van der Waals surface area (Å²) in [6.45, 7) is 8.79. The Kier molecular flexibility index (Phi) is 9.51. The van der Waals surface area contributed by atoms with E-state index in [1.165, 1.54) is 18.1 Å². The van der Waals surface area contributed by atoms with Crippen molar-refractivity contribution in [2.45, 2.75) is 89.6 Å². The molecule has 3 aliphatic rings. The van der Waals surface area contributed by atoms with Crippen molar-refractivity contribution in [1.82, 2.24) is 5.32 Å². The van der Waals surface area contributed by atoms with Crippen molar-refractivity contribution in [3.05, 3.63) is 46.5 Å². The molecule has 0 saturated carbocycles. The van der Waals surface area contributed by atoms with Crippen LogP contribution in [-0.2, 0) is 30.2 Å². The van der Waals surface area contributed by atoms with Gasteiger partial charge in [0.15, 0.2) is 5.72 Å². The zero-order valence-electron chi connectivity index (χ0n) is 25.5. The van der Waals surface area contributed by atoms with Crippen LogP contribution in [-0.4, -0.2) is 78.1 Å². The molecule has 0 aromatic heterocycles. The second-order valence-corrected chi connectivity index (χ2v) is 12.5. The molecule has 3 heterocycles. The van der Waals surface area contributed by atoms with Crippen LogP contribution in [0.15, 0.2) is 35.9 Å². The molecule has 0 spiro atoms. The first-order valence-electron chi connectivity index (χ1n) is 14.3. The fourth-order valence-electron chi connectivity index (χ4n) is 5.62. The van der Waals surface area contributed by atoms with Crippen LogP contribution < -0.4 is 15.0 Å². The van der Waals surface area contributed by atoms with Gasteiger partial charge in [-0.3, -0.25) is 14.9 Å². The van der Waals surface area contributed by atoms with Gasteiger partial charge >= 0.3 is 12.1 Å². The molecule has 7 unspecified atom stereocenters. The van der Waals surface area contributed by atoms with Crippen molar-refractivity contribution in [1.29, 1.82) is 0 Å². The number of nitrogens with zero attached hydrogens (tertiary/aromatic N) is 1. The lowest BCUT2D eigenvalue weighted by Crippen LogP contribution is -2.63. The van der Waals surface area contributed by atoms with E-state index in [1.54, 1.807) is 59.0 Å². The van der Waals surface area contributed by atoms with Crippen LogP contribution in [0.2, 0.25) is 5.02 Å². The molecular weight excluding hydrogens is 580 g/mol. The average Bonchev–Trinajstić information content (AvgIpc) is 3.63. The van der Waals surface area contributed by atoms with E-state index in [9.17, 15) is 24.6 Å². The van der Waals surface area contributed by atoms with Crippen LogP contribution in [0.4, 0.5) is 10.5 Å². The fraction of sp³-hybridized carbons (Fsp3) is 0.581. The monoisotopic (exact) mass is 620 g/mol. The number of aliphatic hydroxyl groups excluding tert-OH is 1. The molecule has 11 nitrogen and oxygen atoms in total. The minimum atomic E-state index is -2.00. The summed E-state index contributed by atoms with van der Waals surface area (Å²) in [7, 11) is 3.08. The highest BCUT2D eigenvalue weighted by molar-refractivity contribution is 6.35. The average molecular weight is 621 g/mol. The van der Waals surface area contributed by atoms with Crippen LogP contribution in [0.5, 0.6) is 5.75 Å². The molecule has 236 valence electrons. The molecule has 2 saturated heterocycles. The molecule has 0 radical (unpaired) electrons. The number of alkyl carbamates (subject to hydrolysis) is 1. The van der Waals surface area contributed by atoms with E-state index >= 15 is 0 Å². The molecule has 0 aliphatic carbocycles. The second kappa shape index (κ2) is 12.5. The predicted octanol–water partition coefficient (Wildman–Crippen LogP) is 3.67. The maximum absolute atomic E-state index is 13.7. The molecule has 12 heteroatoms. The standard InChI is InChI=1S/C31H41ClN2O9/c1-16(2)28(37)42-24-14-25(36)34(6)20-12-19(13-21(40-7)26(20)32)11-17(3)9-8-10-23(35)31(39)15-22(41-29(38)33-31)18(4)27-30(24,5)43-27/h8-10,12-13,16,18,22-24,27,35,39H,11,14-15H2,1-7H3,(H,33,38). The van der Waals surface area contributed by atoms with E-state index in [0.717, 1.165) is 11.1 Å². The summed E-state index contributed by atoms with van der Waals surface area (Å²) in [6.07, 6.45) is 0.128. The van der Waals surface area contributed by atoms with Crippen molar-refractivity contribution < 1.29 is 43.5 Å². The van der Waals surface area contributed by atoms with Gasteiger partial charge in [0.1, 0.15) is 34.7 Å². The molecule has 3 aliphatic heterocycles. The van der Waals surface area contributed by atoms with Gasteiger partial charge < -0.3 is 34.1 Å². The Hall–Kier alpha value is -3.12. The molecule has 1 aromatic rings. The molecular formula is C31H41ClN2O9. The Balaban J connectivity index is 1.78. The third-order valence-electron chi connectivity index (χ3n) is 8.45. The largest absolute Gasteiger partial charge is 0.495 e. The molecule has 43 heavy (non-hydrogen) atoms. The lowest BCUT2D eigenvalue weighted by molar-refractivity contribution is -0.157. The van der Waals surface area contributed by atoms with Crippen LogP contribution in [0.3, 0.4) is 0 Å². The highest BCUT2D eigenvalue weighted by Gasteiger charge is 2.64. The highest BCUT2D eigenvalue weighted by atomic mass is 35.5. The number of benzene rings is 1. The van der Waals surface area contributed by atoms with E-state index in [0.29, 0.717) is 17.9 Å². The molecule has 4 rings (SSSR count). The molecule has 2 amide bonds. The zero-order valence-corrected chi connectivity index (χ0v) is 26.3. The van der Waals surface area contributed by atoms with Crippen molar-refractivity contribution in [3.63, 3.8) is 0 Å². The van der Waals surface area contributed by atoms with Gasteiger partial charge in [-0.15, -0.1) is 0 Å². The highest BCUT2D eigenvalue weighted by Crippen LogP contribution is 2.49. The quantitative estimate of drug-likeness (QED) is 0.340. The Morgan fingerprint density at radius 3 is 2.63 bits per heavy atom. The number of carbonyl (C=O) groups is 3. The minimum Gasteiger partial charge on any atom is -0.495 e. The van der Waals surface area contributed by atoms with Crippen molar-refractivity contribution >= 4 is 35.3 Å². The summed E-state index contributed by atoms with van der Waals surface area (Å²) in [5.41, 5.74) is -0.967. The summed E-state index contributed by atoms with van der Waals surface area (Å²) < 4.78 is 23.0. The number of amides is 2. The van der Waals surface area contributed by atoms with Crippen molar-refractivity contribution in [2.24, 2.45) is 11.8 Å². The summed E-state index contributed by atoms with van der Waals surface area (Å²) in [5.74, 6) is -1.43. The van der Waals surface area contributed by atoms with Crippen LogP contribution >= 0.6 is 11.6 Å². The van der Waals surface area contributed by atoms with Gasteiger partial charge in [-0.25, -0.2) is 4.79 Å². The summed E-state index contributed by atoms with van der Waals surface area (Å²) in [5, 5.41) is 24.8. The maximum Gasteiger partial charge on any atom is 0.409 e. The van der Waals surface area contributed by atoms with E-state index in [2.05, 4.69) is 5.32 Å². The number of hydrogen-bond acceptors (Lipinski definition) is 9. The third kappa shape index (κ3) is 6.85. The number of epoxide rings is 1. The van der Waals surface area contributed by atoms with Crippen LogP contribution in [0.25, 0.3) is 0 Å². The van der Waals surface area contributed by atoms with E-state index in [1.807, 2.05) is 6.92 Å². The number of hydrogen-bond donors (Lipinski definition) is 3. The zero-order chi connectivity index (χ0) is 31.9. The van der Waals surface area contributed by atoms with Gasteiger partial charge in [-0.1, -0.05) is 56.2 Å². The van der Waals surface area contributed by atoms with Crippen molar-refractivity contribution in [3.8, 4) is 5.75 Å². The smallest absolute Gasteiger partial charge is 0.409 e. The lowest BCUT2D eigenvalue weighted by atomic mass is 9.83. The molecule has 2 fully saturated rings. The normalized spacial score (nSPS) is 33.2. The fourth-order valence-corrected chi connectivity index (χ4v) is 5.93. The number of aliphatic hydroxyl groups is 2. The van der Waals surface area contributed by atoms with Gasteiger partial charge in [0.2, 0.25) is 5.91 Å². The first-order valence-corrected chi connectivity index (χ1v) is 14.7. The number of halogens is 1. The Morgan fingerprint density at radius 1 is 1.28 bits per heavy atom. The minimum absolute atomic E-state index is 0.133. The number of anilines is 1. The summed E-state index contributed by atoms with van der Waals surface area (Å²) in [6, 6.07) is 3.57. The SMILES string of the molecule is COc1cc2cc(c1Cl)N(C)C(=O)CC(OC(=O)C(C)C)C1(C)OC1C(C)C1CC(O)(NC(=O)O1)C(O)C=CC=C(C)C2. The number of fused-ring (bicyclic) bond motifs is 5. The van der Waals surface area contributed by atoms with Gasteiger partial charge in [-0.05, 0) is 38.0 Å². The topological polar surface area (TPSA) is 147 Å². The van der Waals surface area contributed by atoms with Gasteiger partial charge in [0, 0.05) is 19.4 Å².